The molecule has 8 heteroatoms. The Morgan fingerprint density at radius 3 is 2.81 bits per heavy atom. The van der Waals surface area contributed by atoms with Crippen LogP contribution in [-0.2, 0) is 17.9 Å². The van der Waals surface area contributed by atoms with Gasteiger partial charge < -0.3 is 9.47 Å². The summed E-state index contributed by atoms with van der Waals surface area (Å²) in [5.41, 5.74) is 3.73. The number of thiazole rings is 1. The van der Waals surface area contributed by atoms with Gasteiger partial charge in [-0.1, -0.05) is 6.07 Å². The van der Waals surface area contributed by atoms with Crippen LogP contribution in [0.25, 0.3) is 21.6 Å². The number of aromatic nitrogens is 4. The summed E-state index contributed by atoms with van der Waals surface area (Å²) in [5.74, 6) is 1.56. The fraction of sp³-hybridized carbons (Fsp3) is 0.211. The van der Waals surface area contributed by atoms with Gasteiger partial charge >= 0.3 is 0 Å². The number of fused-ring (bicyclic) bond motifs is 1. The fourth-order valence-electron chi connectivity index (χ4n) is 2.72. The minimum absolute atomic E-state index is 0.192. The third-order valence-electron chi connectivity index (χ3n) is 4.00. The lowest BCUT2D eigenvalue weighted by Crippen LogP contribution is -2.08. The molecule has 0 spiro atoms. The highest BCUT2D eigenvalue weighted by Gasteiger charge is 2.16. The lowest BCUT2D eigenvalue weighted by atomic mass is 10.2. The van der Waals surface area contributed by atoms with Crippen molar-refractivity contribution in [1.82, 2.24) is 19.7 Å². The van der Waals surface area contributed by atoms with Crippen molar-refractivity contribution in [3.8, 4) is 17.1 Å². The van der Waals surface area contributed by atoms with Crippen molar-refractivity contribution in [2.75, 3.05) is 13.7 Å². The fourth-order valence-corrected chi connectivity index (χ4v) is 3.52. The van der Waals surface area contributed by atoms with Gasteiger partial charge in [-0.3, -0.25) is 0 Å². The van der Waals surface area contributed by atoms with Crippen molar-refractivity contribution < 1.29 is 13.9 Å². The lowest BCUT2D eigenvalue weighted by Gasteiger charge is -2.05. The standard InChI is InChI=1S/C19H17FN4O2S/c1-25-10-9-24-19(15-3-2-4-16-18(15)27-12-21-16)22-17(23-24)11-26-14-7-5-13(20)6-8-14/h2-8,12H,9-11H2,1H3. The molecule has 4 rings (SSSR count). The third kappa shape index (κ3) is 3.81. The quantitative estimate of drug-likeness (QED) is 0.483. The molecule has 2 aromatic heterocycles. The summed E-state index contributed by atoms with van der Waals surface area (Å²) >= 11 is 1.57. The minimum atomic E-state index is -0.302. The molecule has 2 heterocycles. The van der Waals surface area contributed by atoms with Crippen molar-refractivity contribution in [1.29, 1.82) is 0 Å². The largest absolute Gasteiger partial charge is 0.486 e. The molecule has 0 N–H and O–H groups in total. The Labute approximate surface area is 159 Å². The van der Waals surface area contributed by atoms with Crippen molar-refractivity contribution in [3.63, 3.8) is 0 Å². The van der Waals surface area contributed by atoms with Crippen LogP contribution in [-0.4, -0.2) is 33.5 Å². The summed E-state index contributed by atoms with van der Waals surface area (Å²) in [6.45, 7) is 1.29. The zero-order chi connectivity index (χ0) is 18.6. The molecular weight excluding hydrogens is 367 g/mol. The Balaban J connectivity index is 1.64. The maximum Gasteiger partial charge on any atom is 0.188 e. The minimum Gasteiger partial charge on any atom is -0.486 e. The predicted octanol–water partition coefficient (Wildman–Crippen LogP) is 3.92. The van der Waals surface area contributed by atoms with E-state index in [1.54, 1.807) is 30.6 Å². The van der Waals surface area contributed by atoms with Crippen LogP contribution in [0, 0.1) is 5.82 Å². The highest BCUT2D eigenvalue weighted by atomic mass is 32.1. The van der Waals surface area contributed by atoms with Crippen LogP contribution in [0.3, 0.4) is 0 Å². The molecule has 0 saturated heterocycles. The van der Waals surface area contributed by atoms with E-state index in [0.717, 1.165) is 21.6 Å². The van der Waals surface area contributed by atoms with E-state index in [1.807, 2.05) is 28.4 Å². The lowest BCUT2D eigenvalue weighted by molar-refractivity contribution is 0.183. The Morgan fingerprint density at radius 1 is 1.15 bits per heavy atom. The van der Waals surface area contributed by atoms with E-state index in [2.05, 4.69) is 15.1 Å². The Bertz CT molecular complexity index is 1050. The maximum atomic E-state index is 13.0. The van der Waals surface area contributed by atoms with Gasteiger partial charge in [0.2, 0.25) is 0 Å². The van der Waals surface area contributed by atoms with Crippen LogP contribution in [0.4, 0.5) is 4.39 Å². The zero-order valence-electron chi connectivity index (χ0n) is 14.6. The van der Waals surface area contributed by atoms with Crippen LogP contribution >= 0.6 is 11.3 Å². The molecule has 0 amide bonds. The molecule has 0 saturated carbocycles. The summed E-state index contributed by atoms with van der Waals surface area (Å²) in [7, 11) is 1.65. The Morgan fingerprint density at radius 2 is 2.00 bits per heavy atom. The first-order chi connectivity index (χ1) is 13.2. The number of methoxy groups -OCH3 is 1. The molecule has 0 fully saturated rings. The van der Waals surface area contributed by atoms with Crippen molar-refractivity contribution >= 4 is 21.6 Å². The summed E-state index contributed by atoms with van der Waals surface area (Å²) in [6, 6.07) is 11.8. The van der Waals surface area contributed by atoms with Gasteiger partial charge in [0.15, 0.2) is 11.6 Å². The molecular formula is C19H17FN4O2S. The van der Waals surface area contributed by atoms with E-state index in [1.165, 1.54) is 12.1 Å². The van der Waals surface area contributed by atoms with Crippen LogP contribution in [0.5, 0.6) is 5.75 Å². The van der Waals surface area contributed by atoms with Crippen molar-refractivity contribution in [2.24, 2.45) is 0 Å². The molecule has 0 radical (unpaired) electrons. The number of halogens is 1. The first kappa shape index (κ1) is 17.6. The van der Waals surface area contributed by atoms with Crippen molar-refractivity contribution in [3.05, 3.63) is 59.6 Å². The molecule has 0 aliphatic rings. The van der Waals surface area contributed by atoms with Crippen LogP contribution in [0.1, 0.15) is 5.82 Å². The highest BCUT2D eigenvalue weighted by molar-refractivity contribution is 7.17. The van der Waals surface area contributed by atoms with Gasteiger partial charge in [-0.25, -0.2) is 19.0 Å². The molecule has 0 aliphatic heterocycles. The normalized spacial score (nSPS) is 11.2. The second-order valence-corrected chi connectivity index (χ2v) is 6.67. The van der Waals surface area contributed by atoms with E-state index in [9.17, 15) is 4.39 Å². The maximum absolute atomic E-state index is 13.0. The molecule has 4 aromatic rings. The van der Waals surface area contributed by atoms with E-state index in [0.29, 0.717) is 24.7 Å². The number of hydrogen-bond acceptors (Lipinski definition) is 6. The molecule has 6 nitrogen and oxygen atoms in total. The summed E-state index contributed by atoms with van der Waals surface area (Å²) in [5, 5.41) is 4.56. The number of nitrogens with zero attached hydrogens (tertiary/aromatic N) is 4. The monoisotopic (exact) mass is 384 g/mol. The van der Waals surface area contributed by atoms with Gasteiger partial charge in [-0.05, 0) is 36.4 Å². The van der Waals surface area contributed by atoms with Gasteiger partial charge in [-0.15, -0.1) is 11.3 Å². The summed E-state index contributed by atoms with van der Waals surface area (Å²) in [6.07, 6.45) is 0. The molecule has 27 heavy (non-hydrogen) atoms. The number of hydrogen-bond donors (Lipinski definition) is 0. The smallest absolute Gasteiger partial charge is 0.188 e. The predicted molar refractivity (Wildman–Crippen MR) is 101 cm³/mol. The molecule has 0 bridgehead atoms. The number of ether oxygens (including phenoxy) is 2. The highest BCUT2D eigenvalue weighted by Crippen LogP contribution is 2.30. The zero-order valence-corrected chi connectivity index (χ0v) is 15.4. The van der Waals surface area contributed by atoms with Crippen LogP contribution in [0.15, 0.2) is 48.0 Å². The molecule has 138 valence electrons. The van der Waals surface area contributed by atoms with Gasteiger partial charge in [0.25, 0.3) is 0 Å². The average molecular weight is 384 g/mol. The molecule has 0 atom stereocenters. The SMILES string of the molecule is COCCn1nc(COc2ccc(F)cc2)nc1-c1cccc2ncsc12. The van der Waals surface area contributed by atoms with Gasteiger partial charge in [-0.2, -0.15) is 5.10 Å². The summed E-state index contributed by atoms with van der Waals surface area (Å²) in [4.78, 5) is 9.04. The van der Waals surface area contributed by atoms with E-state index >= 15 is 0 Å². The van der Waals surface area contributed by atoms with Gasteiger partial charge in [0.05, 0.1) is 28.9 Å². The summed E-state index contributed by atoms with van der Waals surface area (Å²) < 4.78 is 26.8. The first-order valence-corrected chi connectivity index (χ1v) is 9.26. The van der Waals surface area contributed by atoms with Crippen molar-refractivity contribution in [2.45, 2.75) is 13.2 Å². The molecule has 2 aromatic carbocycles. The van der Waals surface area contributed by atoms with E-state index < -0.39 is 0 Å². The van der Waals surface area contributed by atoms with Crippen LogP contribution < -0.4 is 4.74 Å². The third-order valence-corrected chi connectivity index (χ3v) is 4.88. The van der Waals surface area contributed by atoms with Crippen LogP contribution in [0.2, 0.25) is 0 Å². The molecule has 0 unspecified atom stereocenters. The van der Waals surface area contributed by atoms with E-state index in [-0.39, 0.29) is 12.4 Å². The van der Waals surface area contributed by atoms with E-state index in [4.69, 9.17) is 9.47 Å². The average Bonchev–Trinajstić information content (AvgIpc) is 3.32. The first-order valence-electron chi connectivity index (χ1n) is 8.38. The van der Waals surface area contributed by atoms with Gasteiger partial charge in [0, 0.05) is 12.7 Å². The second kappa shape index (κ2) is 7.81. The molecule has 0 aliphatic carbocycles. The Kier molecular flexibility index (Phi) is 5.08. The second-order valence-electron chi connectivity index (χ2n) is 5.82. The topological polar surface area (TPSA) is 62.1 Å². The number of rotatable bonds is 7. The Hall–Kier alpha value is -2.84. The van der Waals surface area contributed by atoms with Gasteiger partial charge in [0.1, 0.15) is 18.2 Å². The number of benzene rings is 2.